The van der Waals surface area contributed by atoms with Crippen LogP contribution in [0, 0.1) is 0 Å². The number of hydrogen-bond acceptors (Lipinski definition) is 4. The van der Waals surface area contributed by atoms with E-state index in [0.717, 1.165) is 0 Å². The molecular weight excluding hydrogens is 380 g/mol. The summed E-state index contributed by atoms with van der Waals surface area (Å²) in [5, 5.41) is 13.9. The van der Waals surface area contributed by atoms with Gasteiger partial charge in [0.25, 0.3) is 11.7 Å². The van der Waals surface area contributed by atoms with Gasteiger partial charge in [0.05, 0.1) is 11.6 Å². The first-order valence-electron chi connectivity index (χ1n) is 8.74. The normalized spacial score (nSPS) is 18.4. The molecule has 0 spiro atoms. The Morgan fingerprint density at radius 3 is 2.36 bits per heavy atom. The summed E-state index contributed by atoms with van der Waals surface area (Å²) in [5.41, 5.74) is 1.10. The van der Waals surface area contributed by atoms with Gasteiger partial charge in [-0.15, -0.1) is 0 Å². The molecule has 6 nitrogen and oxygen atoms in total. The van der Waals surface area contributed by atoms with Crippen LogP contribution in [0.5, 0.6) is 0 Å². The van der Waals surface area contributed by atoms with Gasteiger partial charge in [-0.3, -0.25) is 14.4 Å². The first kappa shape index (κ1) is 19.6. The van der Waals surface area contributed by atoms with Crippen LogP contribution in [0.1, 0.15) is 24.1 Å². The van der Waals surface area contributed by atoms with E-state index in [9.17, 15) is 19.5 Å². The number of aliphatic hydroxyl groups is 1. The second-order valence-corrected chi connectivity index (χ2v) is 6.83. The van der Waals surface area contributed by atoms with Crippen LogP contribution in [0.2, 0.25) is 5.02 Å². The van der Waals surface area contributed by atoms with Crippen molar-refractivity contribution in [2.75, 3.05) is 13.1 Å². The molecule has 144 valence electrons. The van der Waals surface area contributed by atoms with Crippen molar-refractivity contribution in [3.63, 3.8) is 0 Å². The van der Waals surface area contributed by atoms with Gasteiger partial charge in [0.2, 0.25) is 5.91 Å². The molecule has 0 aromatic heterocycles. The van der Waals surface area contributed by atoms with Crippen LogP contribution in [-0.2, 0) is 14.4 Å². The first-order chi connectivity index (χ1) is 13.4. The van der Waals surface area contributed by atoms with Gasteiger partial charge in [-0.1, -0.05) is 54.1 Å². The summed E-state index contributed by atoms with van der Waals surface area (Å²) in [5.74, 6) is -1.95. The van der Waals surface area contributed by atoms with Gasteiger partial charge in [0.15, 0.2) is 0 Å². The zero-order valence-electron chi connectivity index (χ0n) is 15.2. The molecule has 0 saturated carbocycles. The number of hydrogen-bond donors (Lipinski definition) is 2. The van der Waals surface area contributed by atoms with Crippen molar-refractivity contribution in [1.82, 2.24) is 10.2 Å². The van der Waals surface area contributed by atoms with Crippen LogP contribution in [0.4, 0.5) is 0 Å². The predicted molar refractivity (Wildman–Crippen MR) is 106 cm³/mol. The third-order valence-electron chi connectivity index (χ3n) is 4.50. The Bertz CT molecular complexity index is 939. The fourth-order valence-electron chi connectivity index (χ4n) is 3.21. The molecule has 1 atom stereocenters. The summed E-state index contributed by atoms with van der Waals surface area (Å²) in [6, 6.07) is 14.6. The number of ketones is 1. The summed E-state index contributed by atoms with van der Waals surface area (Å²) in [6.07, 6.45) is 0. The van der Waals surface area contributed by atoms with E-state index in [1.54, 1.807) is 54.6 Å². The molecule has 7 heteroatoms. The average Bonchev–Trinajstić information content (AvgIpc) is 2.93. The Balaban J connectivity index is 2.08. The maximum Gasteiger partial charge on any atom is 0.295 e. The lowest BCUT2D eigenvalue weighted by atomic mass is 9.95. The number of nitrogens with zero attached hydrogens (tertiary/aromatic N) is 1. The van der Waals surface area contributed by atoms with Gasteiger partial charge in [-0.2, -0.15) is 0 Å². The number of Topliss-reactive ketones (excluding diaryl/α,β-unsaturated/α-hetero) is 1. The minimum Gasteiger partial charge on any atom is -0.507 e. The second kappa shape index (κ2) is 8.27. The van der Waals surface area contributed by atoms with Crippen molar-refractivity contribution < 1.29 is 19.5 Å². The fourth-order valence-corrected chi connectivity index (χ4v) is 3.33. The summed E-state index contributed by atoms with van der Waals surface area (Å²) in [4.78, 5) is 37.9. The van der Waals surface area contributed by atoms with Crippen LogP contribution in [0.3, 0.4) is 0 Å². The highest BCUT2D eigenvalue weighted by atomic mass is 35.5. The lowest BCUT2D eigenvalue weighted by molar-refractivity contribution is -0.139. The number of likely N-dealkylation sites (tertiary alicyclic amines) is 1. The number of rotatable bonds is 5. The minimum absolute atomic E-state index is 0.0151. The molecule has 2 aromatic rings. The highest BCUT2D eigenvalue weighted by Gasteiger charge is 2.45. The van der Waals surface area contributed by atoms with Crippen molar-refractivity contribution in [2.24, 2.45) is 0 Å². The number of carbonyl (C=O) groups is 3. The smallest absolute Gasteiger partial charge is 0.295 e. The molecule has 1 fully saturated rings. The number of nitrogens with one attached hydrogen (secondary N) is 1. The van der Waals surface area contributed by atoms with Crippen molar-refractivity contribution >= 4 is 35.0 Å². The average molecular weight is 399 g/mol. The summed E-state index contributed by atoms with van der Waals surface area (Å²) in [7, 11) is 0. The highest BCUT2D eigenvalue weighted by molar-refractivity contribution is 6.46. The van der Waals surface area contributed by atoms with E-state index in [2.05, 4.69) is 5.32 Å². The zero-order valence-corrected chi connectivity index (χ0v) is 15.9. The second-order valence-electron chi connectivity index (χ2n) is 6.39. The maximum absolute atomic E-state index is 12.8. The lowest BCUT2D eigenvalue weighted by Crippen LogP contribution is -2.37. The van der Waals surface area contributed by atoms with E-state index in [0.29, 0.717) is 16.1 Å². The Labute approximate surface area is 167 Å². The SMILES string of the molecule is CC(=O)NCCN1C(=O)C(=O)/C(=C(\O)c2ccccc2)C1c1ccc(Cl)cc1. The van der Waals surface area contributed by atoms with Crippen molar-refractivity contribution in [3.8, 4) is 0 Å². The molecule has 0 radical (unpaired) electrons. The topological polar surface area (TPSA) is 86.7 Å². The molecule has 0 aliphatic carbocycles. The number of amides is 2. The monoisotopic (exact) mass is 398 g/mol. The van der Waals surface area contributed by atoms with Crippen molar-refractivity contribution in [3.05, 3.63) is 76.3 Å². The summed E-state index contributed by atoms with van der Waals surface area (Å²) in [6.45, 7) is 1.70. The van der Waals surface area contributed by atoms with E-state index in [-0.39, 0.29) is 30.3 Å². The van der Waals surface area contributed by atoms with Gasteiger partial charge in [0, 0.05) is 30.6 Å². The Kier molecular flexibility index (Phi) is 5.80. The van der Waals surface area contributed by atoms with Crippen LogP contribution in [0.15, 0.2) is 60.2 Å². The minimum atomic E-state index is -0.772. The number of carbonyl (C=O) groups excluding carboxylic acids is 3. The molecule has 2 N–H and O–H groups in total. The van der Waals surface area contributed by atoms with Gasteiger partial charge in [0.1, 0.15) is 5.76 Å². The lowest BCUT2D eigenvalue weighted by Gasteiger charge is -2.25. The van der Waals surface area contributed by atoms with Crippen molar-refractivity contribution in [1.29, 1.82) is 0 Å². The van der Waals surface area contributed by atoms with Gasteiger partial charge >= 0.3 is 0 Å². The Hall–Kier alpha value is -3.12. The van der Waals surface area contributed by atoms with Crippen LogP contribution in [0.25, 0.3) is 5.76 Å². The molecule has 1 aliphatic heterocycles. The molecule has 28 heavy (non-hydrogen) atoms. The largest absolute Gasteiger partial charge is 0.507 e. The maximum atomic E-state index is 12.8. The molecule has 1 aliphatic rings. The molecular formula is C21H19ClN2O4. The zero-order chi connectivity index (χ0) is 20.3. The molecule has 0 bridgehead atoms. The van der Waals surface area contributed by atoms with Crippen LogP contribution in [-0.4, -0.2) is 40.7 Å². The van der Waals surface area contributed by atoms with E-state index in [4.69, 9.17) is 11.6 Å². The van der Waals surface area contributed by atoms with Gasteiger partial charge < -0.3 is 15.3 Å². The standard InChI is InChI=1S/C21H19ClN2O4/c1-13(25)23-11-12-24-18(14-7-9-16(22)10-8-14)17(20(27)21(24)28)19(26)15-5-3-2-4-6-15/h2-10,18,26H,11-12H2,1H3,(H,23,25)/b19-17-. The quantitative estimate of drug-likeness (QED) is 0.460. The molecule has 1 unspecified atom stereocenters. The molecule has 2 amide bonds. The molecule has 3 rings (SSSR count). The van der Waals surface area contributed by atoms with Gasteiger partial charge in [-0.05, 0) is 17.7 Å². The predicted octanol–water partition coefficient (Wildman–Crippen LogP) is 2.90. The first-order valence-corrected chi connectivity index (χ1v) is 9.11. The highest BCUT2D eigenvalue weighted by Crippen LogP contribution is 2.39. The molecule has 1 saturated heterocycles. The van der Waals surface area contributed by atoms with Crippen LogP contribution >= 0.6 is 11.6 Å². The van der Waals surface area contributed by atoms with E-state index in [1.807, 2.05) is 0 Å². The fraction of sp³-hybridized carbons (Fsp3) is 0.190. The van der Waals surface area contributed by atoms with Crippen molar-refractivity contribution in [2.45, 2.75) is 13.0 Å². The van der Waals surface area contributed by atoms with E-state index < -0.39 is 17.7 Å². The van der Waals surface area contributed by atoms with E-state index in [1.165, 1.54) is 11.8 Å². The molecule has 1 heterocycles. The number of aliphatic hydroxyl groups excluding tert-OH is 1. The Morgan fingerprint density at radius 1 is 1.11 bits per heavy atom. The molecule has 2 aromatic carbocycles. The third-order valence-corrected chi connectivity index (χ3v) is 4.75. The number of benzene rings is 2. The van der Waals surface area contributed by atoms with Gasteiger partial charge in [-0.25, -0.2) is 0 Å². The van der Waals surface area contributed by atoms with E-state index >= 15 is 0 Å². The Morgan fingerprint density at radius 2 is 1.75 bits per heavy atom. The summed E-state index contributed by atoms with van der Waals surface area (Å²) < 4.78 is 0. The number of halogens is 1. The summed E-state index contributed by atoms with van der Waals surface area (Å²) >= 11 is 5.97. The third kappa shape index (κ3) is 3.92. The van der Waals surface area contributed by atoms with Crippen LogP contribution < -0.4 is 5.32 Å².